The molecule has 0 aromatic rings. The van der Waals surface area contributed by atoms with Crippen molar-refractivity contribution < 1.29 is 9.31 Å². The summed E-state index contributed by atoms with van der Waals surface area (Å²) in [6, 6.07) is 0. The lowest BCUT2D eigenvalue weighted by Gasteiger charge is -2.37. The van der Waals surface area contributed by atoms with Crippen molar-refractivity contribution >= 4 is 7.12 Å². The van der Waals surface area contributed by atoms with Gasteiger partial charge in [0.2, 0.25) is 0 Å². The molecule has 1 aliphatic heterocycles. The van der Waals surface area contributed by atoms with Gasteiger partial charge in [-0.05, 0) is 44.8 Å². The van der Waals surface area contributed by atoms with Crippen molar-refractivity contribution in [2.75, 3.05) is 0 Å². The molecule has 1 heterocycles. The number of hydrogen-bond acceptors (Lipinski definition) is 2. The first-order valence-electron chi connectivity index (χ1n) is 7.88. The van der Waals surface area contributed by atoms with Crippen LogP contribution in [0, 0.1) is 11.3 Å². The van der Waals surface area contributed by atoms with Crippen LogP contribution in [-0.4, -0.2) is 18.3 Å². The highest BCUT2D eigenvalue weighted by molar-refractivity contribution is 6.47. The third-order valence-corrected chi connectivity index (χ3v) is 5.65. The van der Waals surface area contributed by atoms with Crippen LogP contribution in [-0.2, 0) is 9.31 Å². The second-order valence-electron chi connectivity index (χ2n) is 8.60. The summed E-state index contributed by atoms with van der Waals surface area (Å²) in [5, 5.41) is 0. The molecule has 0 bridgehead atoms. The van der Waals surface area contributed by atoms with E-state index in [1.807, 2.05) is 0 Å². The summed E-state index contributed by atoms with van der Waals surface area (Å²) in [6.45, 7) is 15.7. The zero-order chi connectivity index (χ0) is 14.5. The smallest absolute Gasteiger partial charge is 0.403 e. The van der Waals surface area contributed by atoms with Gasteiger partial charge in [-0.3, -0.25) is 0 Å². The van der Waals surface area contributed by atoms with Crippen LogP contribution < -0.4 is 0 Å². The van der Waals surface area contributed by atoms with E-state index in [1.54, 1.807) is 0 Å². The van der Waals surface area contributed by atoms with Gasteiger partial charge in [0.1, 0.15) is 0 Å². The van der Waals surface area contributed by atoms with Gasteiger partial charge in [0.15, 0.2) is 0 Å². The van der Waals surface area contributed by atoms with Crippen LogP contribution in [0.25, 0.3) is 0 Å². The molecule has 0 N–H and O–H groups in total. The minimum Gasteiger partial charge on any atom is -0.403 e. The summed E-state index contributed by atoms with van der Waals surface area (Å²) < 4.78 is 12.4. The van der Waals surface area contributed by atoms with Crippen molar-refractivity contribution in [1.82, 2.24) is 0 Å². The summed E-state index contributed by atoms with van der Waals surface area (Å²) in [5.74, 6) is 1.44. The Morgan fingerprint density at radius 1 is 0.842 bits per heavy atom. The fourth-order valence-corrected chi connectivity index (χ4v) is 3.34. The summed E-state index contributed by atoms with van der Waals surface area (Å²) in [5.41, 5.74) is 0.0813. The van der Waals surface area contributed by atoms with Crippen LogP contribution in [0.4, 0.5) is 0 Å². The Bertz CT molecular complexity index is 306. The molecule has 0 spiro atoms. The van der Waals surface area contributed by atoms with Crippen molar-refractivity contribution in [2.24, 2.45) is 11.3 Å². The molecule has 2 rings (SSSR count). The highest BCUT2D eigenvalue weighted by Crippen LogP contribution is 2.47. The molecule has 110 valence electrons. The van der Waals surface area contributed by atoms with E-state index in [9.17, 15) is 0 Å². The van der Waals surface area contributed by atoms with Crippen LogP contribution in [0.15, 0.2) is 0 Å². The fourth-order valence-electron chi connectivity index (χ4n) is 3.34. The van der Waals surface area contributed by atoms with Gasteiger partial charge in [-0.25, -0.2) is 0 Å². The summed E-state index contributed by atoms with van der Waals surface area (Å²) in [4.78, 5) is 0. The predicted molar refractivity (Wildman–Crippen MR) is 81.2 cm³/mol. The molecule has 2 fully saturated rings. The Balaban J connectivity index is 1.94. The van der Waals surface area contributed by atoms with Gasteiger partial charge in [-0.2, -0.15) is 0 Å². The first-order valence-corrected chi connectivity index (χ1v) is 7.88. The van der Waals surface area contributed by atoms with Gasteiger partial charge < -0.3 is 9.31 Å². The topological polar surface area (TPSA) is 18.5 Å². The standard InChI is InChI=1S/C16H31BO2/c1-14(2,3)12-8-10-13(11-9-12)17-18-15(4,5)16(6,7)19-17/h12-13H,8-11H2,1-7H3. The van der Waals surface area contributed by atoms with Gasteiger partial charge in [0.25, 0.3) is 0 Å². The second kappa shape index (κ2) is 4.77. The molecule has 1 saturated carbocycles. The van der Waals surface area contributed by atoms with Crippen LogP contribution in [0.1, 0.15) is 74.1 Å². The Hall–Kier alpha value is -0.0151. The summed E-state index contributed by atoms with van der Waals surface area (Å²) in [7, 11) is 0.00548. The van der Waals surface area contributed by atoms with Crippen LogP contribution in [0.2, 0.25) is 5.82 Å². The molecule has 0 radical (unpaired) electrons. The van der Waals surface area contributed by atoms with Crippen molar-refractivity contribution in [1.29, 1.82) is 0 Å². The Labute approximate surface area is 119 Å². The average Bonchev–Trinajstić information content (AvgIpc) is 2.47. The van der Waals surface area contributed by atoms with E-state index in [-0.39, 0.29) is 18.3 Å². The van der Waals surface area contributed by atoms with Gasteiger partial charge >= 0.3 is 7.12 Å². The Kier molecular flexibility index (Phi) is 3.86. The van der Waals surface area contributed by atoms with E-state index in [2.05, 4.69) is 48.5 Å². The Morgan fingerprint density at radius 3 is 1.63 bits per heavy atom. The first-order chi connectivity index (χ1) is 8.53. The van der Waals surface area contributed by atoms with E-state index in [1.165, 1.54) is 25.7 Å². The molecule has 0 aromatic heterocycles. The maximum Gasteiger partial charge on any atom is 0.461 e. The predicted octanol–water partition coefficient (Wildman–Crippen LogP) is 4.69. The van der Waals surface area contributed by atoms with Gasteiger partial charge in [-0.1, -0.05) is 46.5 Å². The lowest BCUT2D eigenvalue weighted by atomic mass is 9.59. The largest absolute Gasteiger partial charge is 0.461 e. The minimum atomic E-state index is -0.182. The zero-order valence-electron chi connectivity index (χ0n) is 13.9. The molecule has 0 atom stereocenters. The highest BCUT2D eigenvalue weighted by Gasteiger charge is 2.54. The van der Waals surface area contributed by atoms with Crippen molar-refractivity contribution in [3.63, 3.8) is 0 Å². The molecule has 1 saturated heterocycles. The molecule has 3 heteroatoms. The van der Waals surface area contributed by atoms with Crippen LogP contribution >= 0.6 is 0 Å². The molecule has 0 amide bonds. The van der Waals surface area contributed by atoms with E-state index < -0.39 is 0 Å². The highest BCUT2D eigenvalue weighted by atomic mass is 16.7. The molecular formula is C16H31BO2. The number of hydrogen-bond donors (Lipinski definition) is 0. The quantitative estimate of drug-likeness (QED) is 0.641. The average molecular weight is 266 g/mol. The lowest BCUT2D eigenvalue weighted by Crippen LogP contribution is -2.41. The third kappa shape index (κ3) is 3.02. The molecule has 2 nitrogen and oxygen atoms in total. The summed E-state index contributed by atoms with van der Waals surface area (Å²) in [6.07, 6.45) is 5.13. The fraction of sp³-hybridized carbons (Fsp3) is 1.00. The number of rotatable bonds is 1. The van der Waals surface area contributed by atoms with E-state index >= 15 is 0 Å². The molecule has 19 heavy (non-hydrogen) atoms. The SMILES string of the molecule is CC(C)(C)C1CCC(B2OC(C)(C)C(C)(C)O2)CC1. The molecule has 1 aliphatic carbocycles. The van der Waals surface area contributed by atoms with Crippen molar-refractivity contribution in [2.45, 2.75) is 91.2 Å². The summed E-state index contributed by atoms with van der Waals surface area (Å²) >= 11 is 0. The van der Waals surface area contributed by atoms with E-state index in [0.717, 1.165) is 5.92 Å². The minimum absolute atomic E-state index is 0.00548. The molecular weight excluding hydrogens is 235 g/mol. The third-order valence-electron chi connectivity index (χ3n) is 5.65. The maximum absolute atomic E-state index is 6.20. The first kappa shape index (κ1) is 15.4. The monoisotopic (exact) mass is 266 g/mol. The van der Waals surface area contributed by atoms with Gasteiger partial charge in [0, 0.05) is 0 Å². The van der Waals surface area contributed by atoms with Crippen LogP contribution in [0.5, 0.6) is 0 Å². The van der Waals surface area contributed by atoms with Crippen LogP contribution in [0.3, 0.4) is 0 Å². The van der Waals surface area contributed by atoms with Crippen molar-refractivity contribution in [3.05, 3.63) is 0 Å². The molecule has 0 aromatic carbocycles. The molecule has 2 aliphatic rings. The lowest BCUT2D eigenvalue weighted by molar-refractivity contribution is 0.00578. The maximum atomic E-state index is 6.20. The van der Waals surface area contributed by atoms with Gasteiger partial charge in [-0.15, -0.1) is 0 Å². The van der Waals surface area contributed by atoms with E-state index in [4.69, 9.17) is 9.31 Å². The normalized spacial score (nSPS) is 34.6. The Morgan fingerprint density at radius 2 is 1.26 bits per heavy atom. The molecule has 0 unspecified atom stereocenters. The van der Waals surface area contributed by atoms with Gasteiger partial charge in [0.05, 0.1) is 11.2 Å². The second-order valence-corrected chi connectivity index (χ2v) is 8.60. The zero-order valence-corrected chi connectivity index (χ0v) is 13.9. The van der Waals surface area contributed by atoms with Crippen molar-refractivity contribution in [3.8, 4) is 0 Å². The van der Waals surface area contributed by atoms with E-state index in [0.29, 0.717) is 11.2 Å².